The summed E-state index contributed by atoms with van der Waals surface area (Å²) in [4.78, 5) is 0. The number of alkyl halides is 3. The van der Waals surface area contributed by atoms with Gasteiger partial charge in [-0.2, -0.15) is 0 Å². The Balaban J connectivity index is 2.24. The van der Waals surface area contributed by atoms with Crippen LogP contribution in [0.4, 0.5) is 17.6 Å². The molecule has 0 amide bonds. The van der Waals surface area contributed by atoms with E-state index in [1.54, 1.807) is 13.0 Å². The molecule has 0 aromatic heterocycles. The monoisotopic (exact) mass is 299 g/mol. The van der Waals surface area contributed by atoms with E-state index in [9.17, 15) is 17.6 Å². The Morgan fingerprint density at radius 3 is 2.24 bits per heavy atom. The van der Waals surface area contributed by atoms with E-state index in [0.29, 0.717) is 11.1 Å². The summed E-state index contributed by atoms with van der Waals surface area (Å²) in [5.41, 5.74) is 7.99. The van der Waals surface area contributed by atoms with Crippen LogP contribution in [-0.4, -0.2) is 6.36 Å². The van der Waals surface area contributed by atoms with Gasteiger partial charge in [0.2, 0.25) is 0 Å². The molecule has 2 aromatic rings. The SMILES string of the molecule is Cc1ccc(F)cc1C(N)c1ccc(OC(F)(F)F)cc1. The lowest BCUT2D eigenvalue weighted by molar-refractivity contribution is -0.274. The highest BCUT2D eigenvalue weighted by atomic mass is 19.4. The maximum Gasteiger partial charge on any atom is 0.573 e. The van der Waals surface area contributed by atoms with Crippen molar-refractivity contribution in [2.45, 2.75) is 19.3 Å². The zero-order valence-electron chi connectivity index (χ0n) is 11.1. The normalized spacial score (nSPS) is 13.0. The van der Waals surface area contributed by atoms with Crippen LogP contribution in [0.15, 0.2) is 42.5 Å². The topological polar surface area (TPSA) is 35.2 Å². The molecule has 2 N–H and O–H groups in total. The molecule has 0 spiro atoms. The Morgan fingerprint density at radius 2 is 1.67 bits per heavy atom. The smallest absolute Gasteiger partial charge is 0.406 e. The van der Waals surface area contributed by atoms with Crippen LogP contribution in [0.25, 0.3) is 0 Å². The van der Waals surface area contributed by atoms with E-state index >= 15 is 0 Å². The molecule has 2 rings (SSSR count). The van der Waals surface area contributed by atoms with E-state index in [2.05, 4.69) is 4.74 Å². The highest BCUT2D eigenvalue weighted by Gasteiger charge is 2.31. The number of aryl methyl sites for hydroxylation is 1. The Morgan fingerprint density at radius 1 is 1.05 bits per heavy atom. The minimum atomic E-state index is -4.73. The minimum Gasteiger partial charge on any atom is -0.406 e. The molecule has 0 aliphatic heterocycles. The van der Waals surface area contributed by atoms with Gasteiger partial charge in [-0.25, -0.2) is 4.39 Å². The number of hydrogen-bond acceptors (Lipinski definition) is 2. The van der Waals surface area contributed by atoms with Gasteiger partial charge in [0.05, 0.1) is 6.04 Å². The Kier molecular flexibility index (Phi) is 4.18. The minimum absolute atomic E-state index is 0.325. The fraction of sp³-hybridized carbons (Fsp3) is 0.200. The van der Waals surface area contributed by atoms with Crippen LogP contribution in [-0.2, 0) is 0 Å². The van der Waals surface area contributed by atoms with Crippen LogP contribution in [0.3, 0.4) is 0 Å². The van der Waals surface area contributed by atoms with Gasteiger partial charge in [-0.1, -0.05) is 18.2 Å². The third-order valence-electron chi connectivity index (χ3n) is 3.05. The third-order valence-corrected chi connectivity index (χ3v) is 3.05. The fourth-order valence-electron chi connectivity index (χ4n) is 2.00. The van der Waals surface area contributed by atoms with Gasteiger partial charge in [0.1, 0.15) is 11.6 Å². The van der Waals surface area contributed by atoms with Gasteiger partial charge in [0, 0.05) is 0 Å². The van der Waals surface area contributed by atoms with E-state index in [1.807, 2.05) is 0 Å². The average Bonchev–Trinajstić information content (AvgIpc) is 2.40. The number of nitrogens with two attached hydrogens (primary N) is 1. The fourth-order valence-corrected chi connectivity index (χ4v) is 2.00. The van der Waals surface area contributed by atoms with E-state index in [-0.39, 0.29) is 5.75 Å². The summed E-state index contributed by atoms with van der Waals surface area (Å²) < 4.78 is 53.3. The van der Waals surface area contributed by atoms with E-state index < -0.39 is 18.2 Å². The first-order chi connectivity index (χ1) is 9.76. The van der Waals surface area contributed by atoms with Crippen molar-refractivity contribution in [3.63, 3.8) is 0 Å². The predicted molar refractivity (Wildman–Crippen MR) is 70.3 cm³/mol. The first-order valence-corrected chi connectivity index (χ1v) is 6.13. The number of halogens is 4. The van der Waals surface area contributed by atoms with Crippen molar-refractivity contribution in [2.24, 2.45) is 5.73 Å². The lowest BCUT2D eigenvalue weighted by Gasteiger charge is -2.16. The standard InChI is InChI=1S/C15H13F4NO/c1-9-2-5-11(16)8-13(9)14(20)10-3-6-12(7-4-10)21-15(17,18)19/h2-8,14H,20H2,1H3. The van der Waals surface area contributed by atoms with Gasteiger partial charge < -0.3 is 10.5 Å². The summed E-state index contributed by atoms with van der Waals surface area (Å²) in [5, 5.41) is 0. The summed E-state index contributed by atoms with van der Waals surface area (Å²) in [6.45, 7) is 1.79. The Hall–Kier alpha value is -2.08. The van der Waals surface area contributed by atoms with Crippen molar-refractivity contribution in [3.8, 4) is 5.75 Å². The molecule has 0 fully saturated rings. The molecule has 1 unspecified atom stereocenters. The summed E-state index contributed by atoms with van der Waals surface area (Å²) in [5.74, 6) is -0.738. The molecule has 6 heteroatoms. The third kappa shape index (κ3) is 3.95. The summed E-state index contributed by atoms with van der Waals surface area (Å²) in [6.07, 6.45) is -4.73. The van der Waals surface area contributed by atoms with E-state index in [4.69, 9.17) is 5.73 Å². The zero-order valence-corrected chi connectivity index (χ0v) is 11.1. The molecule has 0 saturated heterocycles. The van der Waals surface area contributed by atoms with Crippen molar-refractivity contribution >= 4 is 0 Å². The van der Waals surface area contributed by atoms with Crippen molar-refractivity contribution in [2.75, 3.05) is 0 Å². The van der Waals surface area contributed by atoms with Crippen molar-refractivity contribution < 1.29 is 22.3 Å². The van der Waals surface area contributed by atoms with Crippen LogP contribution in [0.1, 0.15) is 22.7 Å². The predicted octanol–water partition coefficient (Wildman–Crippen LogP) is 4.08. The van der Waals surface area contributed by atoms with Crippen LogP contribution in [0.5, 0.6) is 5.75 Å². The molecular formula is C15H13F4NO. The lowest BCUT2D eigenvalue weighted by Crippen LogP contribution is -2.17. The number of hydrogen-bond donors (Lipinski definition) is 1. The van der Waals surface area contributed by atoms with Crippen molar-refractivity contribution in [1.82, 2.24) is 0 Å². The van der Waals surface area contributed by atoms with Crippen molar-refractivity contribution in [1.29, 1.82) is 0 Å². The molecule has 1 atom stereocenters. The molecule has 2 nitrogen and oxygen atoms in total. The molecule has 2 aromatic carbocycles. The average molecular weight is 299 g/mol. The molecular weight excluding hydrogens is 286 g/mol. The molecule has 21 heavy (non-hydrogen) atoms. The van der Waals surface area contributed by atoms with Gasteiger partial charge in [-0.3, -0.25) is 0 Å². The van der Waals surface area contributed by atoms with E-state index in [1.165, 1.54) is 36.4 Å². The second-order valence-corrected chi connectivity index (χ2v) is 4.60. The molecule has 0 heterocycles. The van der Waals surface area contributed by atoms with Gasteiger partial charge in [-0.15, -0.1) is 13.2 Å². The number of ether oxygens (including phenoxy) is 1. The summed E-state index contributed by atoms with van der Waals surface area (Å²) >= 11 is 0. The Bertz CT molecular complexity index is 623. The first-order valence-electron chi connectivity index (χ1n) is 6.13. The number of rotatable bonds is 3. The van der Waals surface area contributed by atoms with Gasteiger partial charge in [-0.05, 0) is 47.9 Å². The number of benzene rings is 2. The van der Waals surface area contributed by atoms with Crippen LogP contribution in [0.2, 0.25) is 0 Å². The van der Waals surface area contributed by atoms with Crippen LogP contribution in [0, 0.1) is 12.7 Å². The molecule has 0 bridgehead atoms. The second kappa shape index (κ2) is 5.73. The highest BCUT2D eigenvalue weighted by Crippen LogP contribution is 2.27. The summed E-state index contributed by atoms with van der Waals surface area (Å²) in [6, 6.07) is 8.83. The largest absolute Gasteiger partial charge is 0.573 e. The van der Waals surface area contributed by atoms with Gasteiger partial charge in [0.25, 0.3) is 0 Å². The lowest BCUT2D eigenvalue weighted by atomic mass is 9.95. The maximum absolute atomic E-state index is 13.3. The van der Waals surface area contributed by atoms with Crippen LogP contribution >= 0.6 is 0 Å². The quantitative estimate of drug-likeness (QED) is 0.867. The molecule has 0 radical (unpaired) electrons. The van der Waals surface area contributed by atoms with Gasteiger partial charge in [0.15, 0.2) is 0 Å². The first kappa shape index (κ1) is 15.3. The maximum atomic E-state index is 13.3. The molecule has 112 valence electrons. The van der Waals surface area contributed by atoms with Crippen LogP contribution < -0.4 is 10.5 Å². The van der Waals surface area contributed by atoms with Gasteiger partial charge >= 0.3 is 6.36 Å². The summed E-state index contributed by atoms with van der Waals surface area (Å²) in [7, 11) is 0. The molecule has 0 aliphatic carbocycles. The zero-order chi connectivity index (χ0) is 15.6. The second-order valence-electron chi connectivity index (χ2n) is 4.60. The van der Waals surface area contributed by atoms with Crippen molar-refractivity contribution in [3.05, 3.63) is 65.0 Å². The molecule has 0 saturated carbocycles. The molecule has 0 aliphatic rings. The van der Waals surface area contributed by atoms with E-state index in [0.717, 1.165) is 5.56 Å². The highest BCUT2D eigenvalue weighted by molar-refractivity contribution is 5.38. The Labute approximate surface area is 119 Å².